The molecule has 0 rings (SSSR count). The minimum absolute atomic E-state index is 0.0754. The minimum atomic E-state index is -0.259. The quantitative estimate of drug-likeness (QED) is 0.491. The van der Waals surface area contributed by atoms with Crippen molar-refractivity contribution in [3.8, 4) is 0 Å². The zero-order valence-corrected chi connectivity index (χ0v) is 10.7. The van der Waals surface area contributed by atoms with Gasteiger partial charge >= 0.3 is 5.97 Å². The van der Waals surface area contributed by atoms with Gasteiger partial charge in [-0.1, -0.05) is 0 Å². The van der Waals surface area contributed by atoms with Crippen LogP contribution >= 0.6 is 0 Å². The van der Waals surface area contributed by atoms with Crippen molar-refractivity contribution in [2.24, 2.45) is 0 Å². The van der Waals surface area contributed by atoms with Crippen molar-refractivity contribution in [3.05, 3.63) is 0 Å². The average Bonchev–Trinajstić information content (AvgIpc) is 2.19. The van der Waals surface area contributed by atoms with Crippen molar-refractivity contribution in [1.82, 2.24) is 5.32 Å². The molecule has 0 bridgehead atoms. The van der Waals surface area contributed by atoms with E-state index in [0.717, 1.165) is 0 Å². The van der Waals surface area contributed by atoms with Crippen molar-refractivity contribution in [2.45, 2.75) is 26.3 Å². The van der Waals surface area contributed by atoms with E-state index in [4.69, 9.17) is 14.2 Å². The lowest BCUT2D eigenvalue weighted by molar-refractivity contribution is -0.144. The van der Waals surface area contributed by atoms with Crippen LogP contribution in [-0.4, -0.2) is 51.6 Å². The first-order valence-corrected chi connectivity index (χ1v) is 5.43. The summed E-state index contributed by atoms with van der Waals surface area (Å²) in [4.78, 5) is 11.2. The Balaban J connectivity index is 3.31. The van der Waals surface area contributed by atoms with E-state index in [1.807, 2.05) is 20.8 Å². The van der Waals surface area contributed by atoms with E-state index in [2.05, 4.69) is 5.32 Å². The van der Waals surface area contributed by atoms with Crippen LogP contribution in [0.15, 0.2) is 0 Å². The highest BCUT2D eigenvalue weighted by atomic mass is 16.6. The predicted molar refractivity (Wildman–Crippen MR) is 61.4 cm³/mol. The Bertz CT molecular complexity index is 189. The number of esters is 1. The fourth-order valence-corrected chi connectivity index (χ4v) is 0.847. The second kappa shape index (κ2) is 8.50. The molecule has 0 atom stereocenters. The number of methoxy groups -OCH3 is 1. The molecule has 0 fully saturated rings. The summed E-state index contributed by atoms with van der Waals surface area (Å²) in [5.74, 6) is -0.259. The summed E-state index contributed by atoms with van der Waals surface area (Å²) in [5, 5.41) is 3.05. The molecule has 0 spiro atoms. The molecule has 5 heteroatoms. The van der Waals surface area contributed by atoms with Gasteiger partial charge in [-0.05, 0) is 20.8 Å². The fourth-order valence-electron chi connectivity index (χ4n) is 0.847. The lowest BCUT2D eigenvalue weighted by Crippen LogP contribution is -2.40. The van der Waals surface area contributed by atoms with Crippen molar-refractivity contribution < 1.29 is 19.0 Å². The Hall–Kier alpha value is -0.650. The van der Waals surface area contributed by atoms with Gasteiger partial charge in [-0.25, -0.2) is 0 Å². The van der Waals surface area contributed by atoms with Crippen molar-refractivity contribution >= 4 is 5.97 Å². The van der Waals surface area contributed by atoms with E-state index < -0.39 is 0 Å². The van der Waals surface area contributed by atoms with E-state index >= 15 is 0 Å². The lowest BCUT2D eigenvalue weighted by Gasteiger charge is -2.19. The summed E-state index contributed by atoms with van der Waals surface area (Å²) in [7, 11) is 1.61. The third kappa shape index (κ3) is 11.4. The number of hydrogen-bond acceptors (Lipinski definition) is 5. The van der Waals surface area contributed by atoms with Gasteiger partial charge in [-0.15, -0.1) is 0 Å². The van der Waals surface area contributed by atoms with E-state index in [0.29, 0.717) is 19.8 Å². The first-order valence-electron chi connectivity index (χ1n) is 5.43. The average molecular weight is 233 g/mol. The number of rotatable bonds is 8. The van der Waals surface area contributed by atoms with E-state index in [9.17, 15) is 4.79 Å². The van der Waals surface area contributed by atoms with Gasteiger partial charge in [0.1, 0.15) is 6.61 Å². The molecule has 0 aliphatic heterocycles. The highest BCUT2D eigenvalue weighted by Crippen LogP contribution is 1.97. The summed E-state index contributed by atoms with van der Waals surface area (Å²) < 4.78 is 14.9. The van der Waals surface area contributed by atoms with Gasteiger partial charge in [-0.2, -0.15) is 0 Å². The topological polar surface area (TPSA) is 56.8 Å². The maximum Gasteiger partial charge on any atom is 0.320 e. The van der Waals surface area contributed by atoms with Gasteiger partial charge in [0.15, 0.2) is 0 Å². The highest BCUT2D eigenvalue weighted by Gasteiger charge is 2.11. The molecule has 5 nitrogen and oxygen atoms in total. The molecule has 0 heterocycles. The molecule has 0 aliphatic rings. The summed E-state index contributed by atoms with van der Waals surface area (Å²) in [6.07, 6.45) is 0. The lowest BCUT2D eigenvalue weighted by atomic mass is 10.1. The molecular formula is C11H23NO4. The Morgan fingerprint density at radius 3 is 2.31 bits per heavy atom. The van der Waals surface area contributed by atoms with Crippen LogP contribution in [0.2, 0.25) is 0 Å². The summed E-state index contributed by atoms with van der Waals surface area (Å²) in [5.41, 5.74) is -0.0754. The highest BCUT2D eigenvalue weighted by molar-refractivity contribution is 5.71. The molecule has 0 unspecified atom stereocenters. The first kappa shape index (κ1) is 15.3. The molecule has 1 N–H and O–H groups in total. The fraction of sp³-hybridized carbons (Fsp3) is 0.909. The number of ether oxygens (including phenoxy) is 3. The van der Waals surface area contributed by atoms with Crippen molar-refractivity contribution in [3.63, 3.8) is 0 Å². The number of carbonyl (C=O) groups excluding carboxylic acids is 1. The molecule has 96 valence electrons. The van der Waals surface area contributed by atoms with Gasteiger partial charge < -0.3 is 19.5 Å². The molecule has 0 aromatic carbocycles. The second-order valence-electron chi connectivity index (χ2n) is 4.43. The van der Waals surface area contributed by atoms with Gasteiger partial charge in [0.2, 0.25) is 0 Å². The summed E-state index contributed by atoms with van der Waals surface area (Å²) >= 11 is 0. The molecule has 0 saturated heterocycles. The van der Waals surface area contributed by atoms with E-state index in [1.54, 1.807) is 7.11 Å². The zero-order chi connectivity index (χ0) is 12.4. The number of carbonyl (C=O) groups is 1. The van der Waals surface area contributed by atoms with Gasteiger partial charge in [0.25, 0.3) is 0 Å². The molecule has 0 saturated carbocycles. The van der Waals surface area contributed by atoms with Crippen LogP contribution in [0.4, 0.5) is 0 Å². The van der Waals surface area contributed by atoms with Gasteiger partial charge in [0, 0.05) is 12.6 Å². The van der Waals surface area contributed by atoms with Crippen LogP contribution in [-0.2, 0) is 19.0 Å². The summed E-state index contributed by atoms with van der Waals surface area (Å²) in [6.45, 7) is 7.98. The third-order valence-electron chi connectivity index (χ3n) is 1.69. The Morgan fingerprint density at radius 1 is 1.12 bits per heavy atom. The summed E-state index contributed by atoms with van der Waals surface area (Å²) in [6, 6.07) is 0. The maximum atomic E-state index is 11.2. The normalized spacial score (nSPS) is 11.5. The van der Waals surface area contributed by atoms with Crippen LogP contribution in [0, 0.1) is 0 Å². The zero-order valence-electron chi connectivity index (χ0n) is 10.7. The van der Waals surface area contributed by atoms with Crippen LogP contribution in [0.1, 0.15) is 20.8 Å². The number of nitrogens with one attached hydrogen (secondary N) is 1. The Morgan fingerprint density at radius 2 is 1.75 bits per heavy atom. The molecule has 16 heavy (non-hydrogen) atoms. The van der Waals surface area contributed by atoms with Crippen LogP contribution in [0.5, 0.6) is 0 Å². The van der Waals surface area contributed by atoms with Crippen LogP contribution in [0.3, 0.4) is 0 Å². The second-order valence-corrected chi connectivity index (χ2v) is 4.43. The predicted octanol–water partition coefficient (Wildman–Crippen LogP) is 0.581. The Kier molecular flexibility index (Phi) is 8.15. The standard InChI is InChI=1S/C11H23NO4/c1-11(2,3)12-9-10(13)16-8-7-15-6-5-14-4/h12H,5-9H2,1-4H3. The van der Waals surface area contributed by atoms with E-state index in [-0.39, 0.29) is 24.7 Å². The van der Waals surface area contributed by atoms with Crippen molar-refractivity contribution in [2.75, 3.05) is 40.1 Å². The van der Waals surface area contributed by atoms with Crippen molar-refractivity contribution in [1.29, 1.82) is 0 Å². The molecule has 0 aromatic rings. The molecule has 0 aliphatic carbocycles. The molecule has 0 amide bonds. The first-order chi connectivity index (χ1) is 7.45. The SMILES string of the molecule is COCCOCCOC(=O)CNC(C)(C)C. The van der Waals surface area contributed by atoms with Gasteiger partial charge in [0.05, 0.1) is 26.4 Å². The molecule has 0 radical (unpaired) electrons. The largest absolute Gasteiger partial charge is 0.462 e. The van der Waals surface area contributed by atoms with Crippen LogP contribution < -0.4 is 5.32 Å². The third-order valence-corrected chi connectivity index (χ3v) is 1.69. The van der Waals surface area contributed by atoms with Gasteiger partial charge in [-0.3, -0.25) is 4.79 Å². The Labute approximate surface area is 97.4 Å². The smallest absolute Gasteiger partial charge is 0.320 e. The molecular weight excluding hydrogens is 210 g/mol. The van der Waals surface area contributed by atoms with Crippen LogP contribution in [0.25, 0.3) is 0 Å². The minimum Gasteiger partial charge on any atom is -0.462 e. The maximum absolute atomic E-state index is 11.2. The molecule has 0 aromatic heterocycles. The van der Waals surface area contributed by atoms with E-state index in [1.165, 1.54) is 0 Å². The number of hydrogen-bond donors (Lipinski definition) is 1. The monoisotopic (exact) mass is 233 g/mol.